The molecule has 0 aromatic carbocycles. The molecule has 1 unspecified atom stereocenters. The molecule has 0 rings (SSSR count). The maximum absolute atomic E-state index is 8.91. The molecule has 0 saturated carbocycles. The molecular formula is C14H27NO2S2. The second-order valence-corrected chi connectivity index (χ2v) is 6.39. The van der Waals surface area contributed by atoms with E-state index in [0.717, 1.165) is 18.6 Å². The fourth-order valence-electron chi connectivity index (χ4n) is 1.80. The zero-order valence-electron chi connectivity index (χ0n) is 12.4. The fourth-order valence-corrected chi connectivity index (χ4v) is 3.18. The Hall–Kier alpha value is -0.290. The molecule has 0 spiro atoms. The molecule has 0 saturated heterocycles. The van der Waals surface area contributed by atoms with Gasteiger partial charge in [-0.25, -0.2) is 0 Å². The van der Waals surface area contributed by atoms with Crippen molar-refractivity contribution in [3.63, 3.8) is 0 Å². The van der Waals surface area contributed by atoms with Crippen molar-refractivity contribution in [2.75, 3.05) is 6.61 Å². The molecule has 0 heterocycles. The van der Waals surface area contributed by atoms with Gasteiger partial charge >= 0.3 is 0 Å². The van der Waals surface area contributed by atoms with Crippen LogP contribution >= 0.6 is 24.0 Å². The van der Waals surface area contributed by atoms with Gasteiger partial charge in [-0.05, 0) is 32.5 Å². The standard InChI is InChI=1S/C14H27NO2S2/c1-4-6-7-8-9-10-11-13(12(3)15-16)19-14(18)17-5-2/h13,16H,4-11H2,1-3H3. The Bertz CT molecular complexity index is 270. The molecular weight excluding hydrogens is 278 g/mol. The van der Waals surface area contributed by atoms with Gasteiger partial charge in [-0.3, -0.25) is 0 Å². The van der Waals surface area contributed by atoms with E-state index in [1.54, 1.807) is 0 Å². The molecule has 0 aliphatic carbocycles. The third-order valence-corrected chi connectivity index (χ3v) is 4.52. The summed E-state index contributed by atoms with van der Waals surface area (Å²) in [5.41, 5.74) is 0.723. The summed E-state index contributed by atoms with van der Waals surface area (Å²) in [7, 11) is 0. The summed E-state index contributed by atoms with van der Waals surface area (Å²) in [5.74, 6) is 0. The molecule has 0 aliphatic rings. The van der Waals surface area contributed by atoms with Gasteiger partial charge in [0.2, 0.25) is 4.38 Å². The van der Waals surface area contributed by atoms with Crippen molar-refractivity contribution in [2.24, 2.45) is 5.16 Å². The molecule has 1 N–H and O–H groups in total. The summed E-state index contributed by atoms with van der Waals surface area (Å²) >= 11 is 6.63. The van der Waals surface area contributed by atoms with Gasteiger partial charge in [-0.15, -0.1) is 0 Å². The number of hydrogen-bond donors (Lipinski definition) is 1. The Kier molecular flexibility index (Phi) is 12.5. The van der Waals surface area contributed by atoms with Crippen LogP contribution in [0.15, 0.2) is 5.16 Å². The number of oxime groups is 1. The smallest absolute Gasteiger partial charge is 0.220 e. The van der Waals surface area contributed by atoms with Gasteiger partial charge in [-0.1, -0.05) is 62.4 Å². The van der Waals surface area contributed by atoms with Crippen LogP contribution in [0.3, 0.4) is 0 Å². The Morgan fingerprint density at radius 2 is 1.84 bits per heavy atom. The van der Waals surface area contributed by atoms with Crippen molar-refractivity contribution in [1.82, 2.24) is 0 Å². The molecule has 3 nitrogen and oxygen atoms in total. The minimum atomic E-state index is 0.134. The first-order chi connectivity index (χ1) is 9.15. The van der Waals surface area contributed by atoms with Crippen molar-refractivity contribution in [2.45, 2.75) is 71.0 Å². The lowest BCUT2D eigenvalue weighted by Gasteiger charge is -2.15. The van der Waals surface area contributed by atoms with Gasteiger partial charge in [-0.2, -0.15) is 0 Å². The molecule has 5 heteroatoms. The highest BCUT2D eigenvalue weighted by atomic mass is 32.2. The number of rotatable bonds is 10. The molecule has 112 valence electrons. The van der Waals surface area contributed by atoms with Gasteiger partial charge < -0.3 is 9.94 Å². The van der Waals surface area contributed by atoms with E-state index in [1.165, 1.54) is 43.9 Å². The number of thioether (sulfide) groups is 1. The van der Waals surface area contributed by atoms with Crippen LogP contribution in [0.4, 0.5) is 0 Å². The highest BCUT2D eigenvalue weighted by molar-refractivity contribution is 8.23. The zero-order chi connectivity index (χ0) is 14.5. The van der Waals surface area contributed by atoms with Gasteiger partial charge in [0.15, 0.2) is 0 Å². The first-order valence-electron chi connectivity index (χ1n) is 7.17. The first kappa shape index (κ1) is 18.7. The molecule has 0 aromatic heterocycles. The molecule has 19 heavy (non-hydrogen) atoms. The minimum Gasteiger partial charge on any atom is -0.479 e. The maximum Gasteiger partial charge on any atom is 0.220 e. The summed E-state index contributed by atoms with van der Waals surface area (Å²) < 4.78 is 5.83. The monoisotopic (exact) mass is 305 g/mol. The van der Waals surface area contributed by atoms with Gasteiger partial charge in [0, 0.05) is 0 Å². The number of nitrogens with zero attached hydrogens (tertiary/aromatic N) is 1. The largest absolute Gasteiger partial charge is 0.479 e. The average molecular weight is 306 g/mol. The Morgan fingerprint density at radius 3 is 2.42 bits per heavy atom. The number of thiocarbonyl (C=S) groups is 1. The normalized spacial score (nSPS) is 13.3. The van der Waals surface area contributed by atoms with Crippen LogP contribution in [0.5, 0.6) is 0 Å². The Morgan fingerprint density at radius 1 is 1.21 bits per heavy atom. The summed E-state index contributed by atoms with van der Waals surface area (Å²) in [4.78, 5) is 0. The van der Waals surface area contributed by atoms with Crippen molar-refractivity contribution in [3.8, 4) is 0 Å². The van der Waals surface area contributed by atoms with E-state index in [0.29, 0.717) is 11.0 Å². The number of unbranched alkanes of at least 4 members (excludes halogenated alkanes) is 5. The fraction of sp³-hybridized carbons (Fsp3) is 0.857. The molecule has 0 fully saturated rings. The third kappa shape index (κ3) is 10.2. The molecule has 0 aromatic rings. The molecule has 1 atom stereocenters. The van der Waals surface area contributed by atoms with E-state index in [4.69, 9.17) is 22.2 Å². The van der Waals surface area contributed by atoms with Crippen LogP contribution in [0.2, 0.25) is 0 Å². The maximum atomic E-state index is 8.91. The Balaban J connectivity index is 3.97. The van der Waals surface area contributed by atoms with Crippen LogP contribution in [0, 0.1) is 0 Å². The summed E-state index contributed by atoms with van der Waals surface area (Å²) in [6.07, 6.45) is 8.57. The van der Waals surface area contributed by atoms with Crippen molar-refractivity contribution in [1.29, 1.82) is 0 Å². The van der Waals surface area contributed by atoms with Crippen LogP contribution in [-0.2, 0) is 4.74 Å². The summed E-state index contributed by atoms with van der Waals surface area (Å²) in [5, 5.41) is 12.4. The number of hydrogen-bond acceptors (Lipinski definition) is 5. The van der Waals surface area contributed by atoms with E-state index in [1.807, 2.05) is 13.8 Å². The Labute approximate surface area is 127 Å². The second-order valence-electron chi connectivity index (χ2n) is 4.59. The molecule has 0 amide bonds. The topological polar surface area (TPSA) is 41.8 Å². The van der Waals surface area contributed by atoms with E-state index in [-0.39, 0.29) is 5.25 Å². The molecule has 0 radical (unpaired) electrons. The lowest BCUT2D eigenvalue weighted by molar-refractivity contribution is 0.317. The van der Waals surface area contributed by atoms with Crippen LogP contribution < -0.4 is 0 Å². The predicted molar refractivity (Wildman–Crippen MR) is 88.5 cm³/mol. The van der Waals surface area contributed by atoms with Crippen molar-refractivity contribution >= 4 is 34.1 Å². The van der Waals surface area contributed by atoms with Gasteiger partial charge in [0.25, 0.3) is 0 Å². The summed E-state index contributed by atoms with van der Waals surface area (Å²) in [6.45, 7) is 6.57. The van der Waals surface area contributed by atoms with Crippen LogP contribution in [0.1, 0.15) is 65.7 Å². The van der Waals surface area contributed by atoms with E-state index >= 15 is 0 Å². The van der Waals surface area contributed by atoms with Gasteiger partial charge in [0.05, 0.1) is 17.6 Å². The molecule has 0 aliphatic heterocycles. The average Bonchev–Trinajstić information content (AvgIpc) is 2.40. The van der Waals surface area contributed by atoms with E-state index in [9.17, 15) is 0 Å². The zero-order valence-corrected chi connectivity index (χ0v) is 14.0. The lowest BCUT2D eigenvalue weighted by Crippen LogP contribution is -2.17. The van der Waals surface area contributed by atoms with E-state index in [2.05, 4.69) is 12.1 Å². The SMILES string of the molecule is CCCCCCCCC(SC(=S)OCC)C(C)=NO. The summed E-state index contributed by atoms with van der Waals surface area (Å²) in [6, 6.07) is 0. The van der Waals surface area contributed by atoms with Crippen LogP contribution in [-0.4, -0.2) is 27.2 Å². The van der Waals surface area contributed by atoms with Crippen molar-refractivity contribution < 1.29 is 9.94 Å². The predicted octanol–water partition coefficient (Wildman–Crippen LogP) is 5.01. The van der Waals surface area contributed by atoms with Crippen LogP contribution in [0.25, 0.3) is 0 Å². The highest BCUT2D eigenvalue weighted by Crippen LogP contribution is 2.22. The van der Waals surface area contributed by atoms with Gasteiger partial charge in [0.1, 0.15) is 0 Å². The first-order valence-corrected chi connectivity index (χ1v) is 8.46. The lowest BCUT2D eigenvalue weighted by atomic mass is 10.1. The van der Waals surface area contributed by atoms with Crippen molar-refractivity contribution in [3.05, 3.63) is 0 Å². The minimum absolute atomic E-state index is 0.134. The van der Waals surface area contributed by atoms with E-state index < -0.39 is 0 Å². The quantitative estimate of drug-likeness (QED) is 0.202. The molecule has 0 bridgehead atoms. The second kappa shape index (κ2) is 12.7. The third-order valence-electron chi connectivity index (χ3n) is 2.94. The number of ether oxygens (including phenoxy) is 1. The highest BCUT2D eigenvalue weighted by Gasteiger charge is 2.16.